The highest BCUT2D eigenvalue weighted by atomic mass is 32.2. The molecule has 3 heterocycles. The van der Waals surface area contributed by atoms with Crippen molar-refractivity contribution < 1.29 is 4.79 Å². The summed E-state index contributed by atoms with van der Waals surface area (Å²) < 4.78 is 0. The van der Waals surface area contributed by atoms with Gasteiger partial charge in [-0.1, -0.05) is 49.0 Å². The van der Waals surface area contributed by atoms with E-state index in [2.05, 4.69) is 21.9 Å². The summed E-state index contributed by atoms with van der Waals surface area (Å²) in [5, 5.41) is 19.8. The molecule has 2 fully saturated rings. The van der Waals surface area contributed by atoms with Gasteiger partial charge in [0.25, 0.3) is 0 Å². The van der Waals surface area contributed by atoms with Crippen molar-refractivity contribution in [3.8, 4) is 12.1 Å². The van der Waals surface area contributed by atoms with Gasteiger partial charge in [0.1, 0.15) is 28.2 Å². The van der Waals surface area contributed by atoms with E-state index >= 15 is 0 Å². The first-order valence-corrected chi connectivity index (χ1v) is 12.8. The second-order valence-electron chi connectivity index (χ2n) is 8.82. The molecule has 0 radical (unpaired) electrons. The van der Waals surface area contributed by atoms with Gasteiger partial charge in [-0.25, -0.2) is 4.98 Å². The number of anilines is 1. The number of nitrogens with two attached hydrogens (primary N) is 1. The first kappa shape index (κ1) is 24.1. The first-order chi connectivity index (χ1) is 16.6. The van der Waals surface area contributed by atoms with Gasteiger partial charge in [0.05, 0.1) is 11.1 Å². The summed E-state index contributed by atoms with van der Waals surface area (Å²) >= 11 is 1.20. The quantitative estimate of drug-likeness (QED) is 0.608. The Morgan fingerprint density at radius 2 is 1.76 bits per heavy atom. The van der Waals surface area contributed by atoms with Gasteiger partial charge >= 0.3 is 0 Å². The summed E-state index contributed by atoms with van der Waals surface area (Å²) in [6, 6.07) is 14.4. The van der Waals surface area contributed by atoms with E-state index in [0.717, 1.165) is 31.5 Å². The lowest BCUT2D eigenvalue weighted by molar-refractivity contribution is -0.117. The summed E-state index contributed by atoms with van der Waals surface area (Å²) in [5.41, 5.74) is 8.04. The van der Waals surface area contributed by atoms with Crippen LogP contribution in [0.5, 0.6) is 0 Å². The Morgan fingerprint density at radius 1 is 1.12 bits per heavy atom. The van der Waals surface area contributed by atoms with Gasteiger partial charge in [0.15, 0.2) is 0 Å². The van der Waals surface area contributed by atoms with Gasteiger partial charge < -0.3 is 15.5 Å². The van der Waals surface area contributed by atoms with Crippen LogP contribution in [0.3, 0.4) is 0 Å². The smallest absolute Gasteiger partial charge is 0.235 e. The molecular formula is C26H30N6OS. The Morgan fingerprint density at radius 3 is 2.32 bits per heavy atom. The van der Waals surface area contributed by atoms with Gasteiger partial charge in [-0.05, 0) is 56.3 Å². The number of rotatable bonds is 7. The number of primary amides is 1. The Labute approximate surface area is 205 Å². The summed E-state index contributed by atoms with van der Waals surface area (Å²) in [6.45, 7) is 5.94. The average molecular weight is 475 g/mol. The molecule has 1 aromatic heterocycles. The zero-order valence-electron chi connectivity index (χ0n) is 19.5. The van der Waals surface area contributed by atoms with E-state index in [-0.39, 0.29) is 0 Å². The summed E-state index contributed by atoms with van der Waals surface area (Å²) in [4.78, 5) is 22.0. The van der Waals surface area contributed by atoms with Crippen molar-refractivity contribution >= 4 is 23.5 Å². The van der Waals surface area contributed by atoms with Gasteiger partial charge in [-0.15, -0.1) is 0 Å². The number of pyridine rings is 1. The van der Waals surface area contributed by atoms with E-state index in [1.54, 1.807) is 0 Å². The SMILES string of the molecule is CCc1c(C#N)c(SC(C(N)=O)c2ccccc2)nc(N2CCC(N3CCCC3)CC2)c1C#N. The molecule has 2 aromatic rings. The number of nitrogens with zero attached hydrogens (tertiary/aromatic N) is 5. The van der Waals surface area contributed by atoms with E-state index in [0.29, 0.717) is 40.0 Å². The van der Waals surface area contributed by atoms with Crippen LogP contribution in [0.15, 0.2) is 35.4 Å². The molecule has 1 atom stereocenters. The van der Waals surface area contributed by atoms with Gasteiger partial charge in [0, 0.05) is 19.1 Å². The van der Waals surface area contributed by atoms with Crippen LogP contribution in [0.4, 0.5) is 5.82 Å². The van der Waals surface area contributed by atoms with Crippen LogP contribution in [-0.2, 0) is 11.2 Å². The molecule has 176 valence electrons. The molecule has 2 aliphatic heterocycles. The minimum absolute atomic E-state index is 0.363. The number of hydrogen-bond acceptors (Lipinski definition) is 7. The monoisotopic (exact) mass is 474 g/mol. The van der Waals surface area contributed by atoms with E-state index < -0.39 is 11.2 Å². The Kier molecular flexibility index (Phi) is 7.72. The molecule has 2 N–H and O–H groups in total. The number of benzene rings is 1. The number of amides is 1. The predicted octanol–water partition coefficient (Wildman–Crippen LogP) is 3.77. The number of piperidine rings is 1. The number of hydrogen-bond donors (Lipinski definition) is 1. The van der Waals surface area contributed by atoms with Crippen LogP contribution in [0.2, 0.25) is 0 Å². The minimum atomic E-state index is -0.674. The van der Waals surface area contributed by atoms with Crippen LogP contribution in [0.25, 0.3) is 0 Å². The molecule has 0 saturated carbocycles. The lowest BCUT2D eigenvalue weighted by atomic mass is 9.99. The van der Waals surface area contributed by atoms with Crippen LogP contribution in [-0.4, -0.2) is 48.0 Å². The van der Waals surface area contributed by atoms with Crippen molar-refractivity contribution in [3.63, 3.8) is 0 Å². The summed E-state index contributed by atoms with van der Waals surface area (Å²) in [6.07, 6.45) is 5.15. The Bertz CT molecular complexity index is 1110. The third kappa shape index (κ3) is 4.89. The van der Waals surface area contributed by atoms with Gasteiger partial charge in [0.2, 0.25) is 5.91 Å². The molecule has 1 unspecified atom stereocenters. The maximum atomic E-state index is 12.4. The molecule has 34 heavy (non-hydrogen) atoms. The van der Waals surface area contributed by atoms with Crippen molar-refractivity contribution in [2.75, 3.05) is 31.1 Å². The predicted molar refractivity (Wildman–Crippen MR) is 133 cm³/mol. The fourth-order valence-corrected chi connectivity index (χ4v) is 6.14. The number of aromatic nitrogens is 1. The van der Waals surface area contributed by atoms with E-state index in [9.17, 15) is 15.3 Å². The summed E-state index contributed by atoms with van der Waals surface area (Å²) in [5.74, 6) is 0.134. The van der Waals surface area contributed by atoms with Crippen molar-refractivity contribution in [3.05, 3.63) is 52.6 Å². The third-order valence-corrected chi connectivity index (χ3v) is 8.10. The fourth-order valence-electron chi connectivity index (χ4n) is 5.08. The molecule has 7 nitrogen and oxygen atoms in total. The van der Waals surface area contributed by atoms with Crippen LogP contribution >= 0.6 is 11.8 Å². The van der Waals surface area contributed by atoms with E-state index in [4.69, 9.17) is 10.7 Å². The van der Waals surface area contributed by atoms with Crippen LogP contribution in [0, 0.1) is 22.7 Å². The summed E-state index contributed by atoms with van der Waals surface area (Å²) in [7, 11) is 0. The molecule has 0 aliphatic carbocycles. The second-order valence-corrected chi connectivity index (χ2v) is 9.91. The topological polar surface area (TPSA) is 110 Å². The molecule has 1 amide bonds. The molecule has 2 saturated heterocycles. The zero-order chi connectivity index (χ0) is 24.1. The highest BCUT2D eigenvalue weighted by Crippen LogP contribution is 2.40. The molecular weight excluding hydrogens is 444 g/mol. The van der Waals surface area contributed by atoms with E-state index in [1.807, 2.05) is 37.3 Å². The molecule has 0 spiro atoms. The first-order valence-electron chi connectivity index (χ1n) is 11.9. The van der Waals surface area contributed by atoms with Crippen molar-refractivity contribution in [2.45, 2.75) is 55.3 Å². The van der Waals surface area contributed by atoms with E-state index in [1.165, 1.54) is 37.7 Å². The van der Waals surface area contributed by atoms with Gasteiger partial charge in [-0.2, -0.15) is 10.5 Å². The lowest BCUT2D eigenvalue weighted by Gasteiger charge is -2.37. The van der Waals surface area contributed by atoms with Crippen molar-refractivity contribution in [1.82, 2.24) is 9.88 Å². The standard InChI is InChI=1S/C26H30N6OS/c1-2-20-21(16-27)25(32-14-10-19(11-15-32)31-12-6-7-13-31)30-26(22(20)17-28)34-23(24(29)33)18-8-4-3-5-9-18/h3-5,8-9,19,23H,2,6-7,10-15H2,1H3,(H2,29,33). The number of carbonyl (C=O) groups excluding carboxylic acids is 1. The Balaban J connectivity index is 1.69. The molecule has 2 aliphatic rings. The largest absolute Gasteiger partial charge is 0.368 e. The fraction of sp³-hybridized carbons (Fsp3) is 0.462. The number of thioether (sulfide) groups is 1. The number of nitriles is 2. The maximum absolute atomic E-state index is 12.4. The average Bonchev–Trinajstić information content (AvgIpc) is 3.41. The highest BCUT2D eigenvalue weighted by Gasteiger charge is 2.31. The number of carbonyl (C=O) groups is 1. The minimum Gasteiger partial charge on any atom is -0.368 e. The molecule has 1 aromatic carbocycles. The van der Waals surface area contributed by atoms with Crippen molar-refractivity contribution in [2.24, 2.45) is 5.73 Å². The van der Waals surface area contributed by atoms with Crippen LogP contribution in [0.1, 0.15) is 60.1 Å². The third-order valence-electron chi connectivity index (χ3n) is 6.84. The Hall–Kier alpha value is -3.07. The molecule has 8 heteroatoms. The van der Waals surface area contributed by atoms with Crippen molar-refractivity contribution in [1.29, 1.82) is 10.5 Å². The normalized spacial score (nSPS) is 17.8. The van der Waals surface area contributed by atoms with Crippen LogP contribution < -0.4 is 10.6 Å². The molecule has 0 bridgehead atoms. The van der Waals surface area contributed by atoms with Gasteiger partial charge in [-0.3, -0.25) is 4.79 Å². The maximum Gasteiger partial charge on any atom is 0.235 e. The zero-order valence-corrected chi connectivity index (χ0v) is 20.4. The molecule has 4 rings (SSSR count). The second kappa shape index (κ2) is 10.9. The number of likely N-dealkylation sites (tertiary alicyclic amines) is 1. The lowest BCUT2D eigenvalue weighted by Crippen LogP contribution is -2.44. The highest BCUT2D eigenvalue weighted by molar-refractivity contribution is 8.00.